The van der Waals surface area contributed by atoms with Crippen molar-refractivity contribution in [3.8, 4) is 11.5 Å². The van der Waals surface area contributed by atoms with Crippen molar-refractivity contribution in [2.24, 2.45) is 0 Å². The van der Waals surface area contributed by atoms with Crippen LogP contribution in [0.15, 0.2) is 60.7 Å². The number of nitro groups is 1. The van der Waals surface area contributed by atoms with E-state index in [9.17, 15) is 28.1 Å². The molecule has 40 heavy (non-hydrogen) atoms. The summed E-state index contributed by atoms with van der Waals surface area (Å²) in [5.41, 5.74) is 1.40. The number of aryl methyl sites for hydroxylation is 1. The van der Waals surface area contributed by atoms with E-state index in [0.717, 1.165) is 22.2 Å². The number of carbonyl (C=O) groups is 2. The topological polar surface area (TPSA) is 157 Å². The number of methoxy groups -OCH3 is 2. The molecule has 13 heteroatoms. The summed E-state index contributed by atoms with van der Waals surface area (Å²) in [6.45, 7) is 1.22. The molecule has 0 spiro atoms. The van der Waals surface area contributed by atoms with E-state index in [4.69, 9.17) is 9.47 Å². The summed E-state index contributed by atoms with van der Waals surface area (Å²) in [4.78, 5) is 36.5. The third-order valence-corrected chi connectivity index (χ3v) is 7.08. The highest BCUT2D eigenvalue weighted by atomic mass is 32.2. The van der Waals surface area contributed by atoms with Gasteiger partial charge in [0.2, 0.25) is 15.9 Å². The number of hydrogen-bond acceptors (Lipinski definition) is 8. The highest BCUT2D eigenvalue weighted by Gasteiger charge is 2.25. The lowest BCUT2D eigenvalue weighted by atomic mass is 10.1. The van der Waals surface area contributed by atoms with Gasteiger partial charge in [0.25, 0.3) is 11.6 Å². The summed E-state index contributed by atoms with van der Waals surface area (Å²) in [7, 11) is -0.911. The van der Waals surface area contributed by atoms with E-state index in [-0.39, 0.29) is 22.6 Å². The molecule has 0 bridgehead atoms. The Bertz CT molecular complexity index is 1520. The molecule has 2 N–H and O–H groups in total. The molecule has 0 heterocycles. The number of para-hydroxylation sites is 1. The van der Waals surface area contributed by atoms with E-state index in [1.807, 2.05) is 12.1 Å². The molecule has 0 unspecified atom stereocenters. The van der Waals surface area contributed by atoms with Crippen LogP contribution in [0.2, 0.25) is 0 Å². The first-order valence-electron chi connectivity index (χ1n) is 12.0. The van der Waals surface area contributed by atoms with Gasteiger partial charge in [-0.3, -0.25) is 24.0 Å². The van der Waals surface area contributed by atoms with Gasteiger partial charge in [0, 0.05) is 18.7 Å². The molecule has 0 fully saturated rings. The maximum atomic E-state index is 13.0. The van der Waals surface area contributed by atoms with Crippen molar-refractivity contribution in [1.29, 1.82) is 0 Å². The van der Waals surface area contributed by atoms with Gasteiger partial charge in [0.15, 0.2) is 11.5 Å². The number of nitrogens with one attached hydrogen (secondary N) is 2. The number of benzene rings is 3. The molecule has 0 aliphatic rings. The lowest BCUT2D eigenvalue weighted by Gasteiger charge is -2.23. The molecule has 3 aromatic carbocycles. The SMILES string of the molecule is COc1ccc(CCNC(=O)c2ccccc2NC(=O)CN(c2cc([N+](=O)[O-])ccc2C)S(C)(=O)=O)cc1OC. The maximum absolute atomic E-state index is 13.0. The summed E-state index contributed by atoms with van der Waals surface area (Å²) in [6, 6.07) is 15.5. The van der Waals surface area contributed by atoms with Crippen LogP contribution < -0.4 is 24.4 Å². The van der Waals surface area contributed by atoms with Crippen LogP contribution in [-0.4, -0.2) is 58.7 Å². The molecular weight excluding hydrogens is 540 g/mol. The van der Waals surface area contributed by atoms with Crippen LogP contribution in [0.4, 0.5) is 17.1 Å². The second kappa shape index (κ2) is 12.9. The molecule has 3 aromatic rings. The van der Waals surface area contributed by atoms with E-state index in [0.29, 0.717) is 30.0 Å². The average molecular weight is 571 g/mol. The van der Waals surface area contributed by atoms with Crippen LogP contribution in [0.1, 0.15) is 21.5 Å². The lowest BCUT2D eigenvalue weighted by molar-refractivity contribution is -0.384. The Morgan fingerprint density at radius 1 is 1.00 bits per heavy atom. The Morgan fingerprint density at radius 3 is 2.35 bits per heavy atom. The van der Waals surface area contributed by atoms with Crippen molar-refractivity contribution >= 4 is 38.9 Å². The van der Waals surface area contributed by atoms with Crippen LogP contribution in [0.25, 0.3) is 0 Å². The number of sulfonamides is 1. The van der Waals surface area contributed by atoms with Gasteiger partial charge in [-0.05, 0) is 48.7 Å². The van der Waals surface area contributed by atoms with Gasteiger partial charge in [0.1, 0.15) is 6.54 Å². The zero-order valence-electron chi connectivity index (χ0n) is 22.5. The fraction of sp³-hybridized carbons (Fsp3) is 0.259. The second-order valence-corrected chi connectivity index (χ2v) is 10.7. The van der Waals surface area contributed by atoms with Gasteiger partial charge in [-0.2, -0.15) is 0 Å². The molecule has 0 atom stereocenters. The van der Waals surface area contributed by atoms with Crippen LogP contribution >= 0.6 is 0 Å². The zero-order chi connectivity index (χ0) is 29.4. The van der Waals surface area contributed by atoms with E-state index >= 15 is 0 Å². The molecule has 0 aliphatic carbocycles. The third-order valence-electron chi connectivity index (χ3n) is 5.95. The molecule has 3 rings (SSSR count). The van der Waals surface area contributed by atoms with E-state index in [1.165, 1.54) is 31.4 Å². The van der Waals surface area contributed by atoms with Gasteiger partial charge >= 0.3 is 0 Å². The van der Waals surface area contributed by atoms with Gasteiger partial charge in [-0.25, -0.2) is 8.42 Å². The lowest BCUT2D eigenvalue weighted by Crippen LogP contribution is -2.38. The highest BCUT2D eigenvalue weighted by Crippen LogP contribution is 2.29. The standard InChI is InChI=1S/C27H30N4O8S/c1-18-9-11-20(31(34)35)16-23(18)30(40(4,36)37)17-26(32)29-22-8-6-5-7-21(22)27(33)28-14-13-19-10-12-24(38-2)25(15-19)39-3/h5-12,15-16H,13-14,17H2,1-4H3,(H,28,33)(H,29,32). The van der Waals surface area contributed by atoms with Crippen LogP contribution in [0, 0.1) is 17.0 Å². The van der Waals surface area contributed by atoms with Crippen molar-refractivity contribution in [3.63, 3.8) is 0 Å². The van der Waals surface area contributed by atoms with E-state index < -0.39 is 33.3 Å². The molecule has 212 valence electrons. The van der Waals surface area contributed by atoms with Crippen LogP contribution in [-0.2, 0) is 21.2 Å². The number of ether oxygens (including phenoxy) is 2. The Kier molecular flexibility index (Phi) is 9.67. The number of rotatable bonds is 12. The van der Waals surface area contributed by atoms with E-state index in [1.54, 1.807) is 32.2 Å². The van der Waals surface area contributed by atoms with Gasteiger partial charge in [0.05, 0.1) is 42.3 Å². The predicted molar refractivity (Wildman–Crippen MR) is 151 cm³/mol. The van der Waals surface area contributed by atoms with E-state index in [2.05, 4.69) is 10.6 Å². The Balaban J connectivity index is 1.72. The van der Waals surface area contributed by atoms with Gasteiger partial charge < -0.3 is 20.1 Å². The second-order valence-electron chi connectivity index (χ2n) is 8.79. The Labute approximate surface area is 232 Å². The number of amides is 2. The Morgan fingerprint density at radius 2 is 1.70 bits per heavy atom. The predicted octanol–water partition coefficient (Wildman–Crippen LogP) is 3.30. The minimum absolute atomic E-state index is 0.00745. The van der Waals surface area contributed by atoms with Crippen molar-refractivity contribution in [2.45, 2.75) is 13.3 Å². The fourth-order valence-electron chi connectivity index (χ4n) is 3.92. The van der Waals surface area contributed by atoms with Crippen molar-refractivity contribution in [3.05, 3.63) is 87.5 Å². The Hall–Kier alpha value is -4.65. The number of nitro benzene ring substituents is 1. The summed E-state index contributed by atoms with van der Waals surface area (Å²) < 4.78 is 36.4. The fourth-order valence-corrected chi connectivity index (χ4v) is 4.83. The van der Waals surface area contributed by atoms with Crippen molar-refractivity contribution in [1.82, 2.24) is 5.32 Å². The first kappa shape index (κ1) is 29.9. The van der Waals surface area contributed by atoms with Crippen LogP contribution in [0.3, 0.4) is 0 Å². The summed E-state index contributed by atoms with van der Waals surface area (Å²) >= 11 is 0. The average Bonchev–Trinajstić information content (AvgIpc) is 2.91. The number of hydrogen-bond donors (Lipinski definition) is 2. The van der Waals surface area contributed by atoms with Crippen LogP contribution in [0.5, 0.6) is 11.5 Å². The molecule has 2 amide bonds. The molecular formula is C27H30N4O8S. The molecule has 0 aromatic heterocycles. The number of anilines is 2. The maximum Gasteiger partial charge on any atom is 0.271 e. The van der Waals surface area contributed by atoms with Gasteiger partial charge in [-0.1, -0.05) is 24.3 Å². The quantitative estimate of drug-likeness (QED) is 0.248. The molecule has 0 saturated heterocycles. The largest absolute Gasteiger partial charge is 0.493 e. The molecule has 12 nitrogen and oxygen atoms in total. The number of nitrogens with zero attached hydrogens (tertiary/aromatic N) is 2. The first-order valence-corrected chi connectivity index (χ1v) is 13.9. The minimum Gasteiger partial charge on any atom is -0.493 e. The minimum atomic E-state index is -3.99. The first-order chi connectivity index (χ1) is 18.9. The molecule has 0 aliphatic heterocycles. The molecule has 0 saturated carbocycles. The monoisotopic (exact) mass is 570 g/mol. The molecule has 0 radical (unpaired) electrons. The summed E-state index contributed by atoms with van der Waals surface area (Å²) in [5.74, 6) is -0.00866. The van der Waals surface area contributed by atoms with Crippen molar-refractivity contribution < 1.29 is 32.4 Å². The number of carbonyl (C=O) groups excluding carboxylic acids is 2. The third kappa shape index (κ3) is 7.47. The highest BCUT2D eigenvalue weighted by molar-refractivity contribution is 7.92. The van der Waals surface area contributed by atoms with Crippen molar-refractivity contribution in [2.75, 3.05) is 43.2 Å². The summed E-state index contributed by atoms with van der Waals surface area (Å²) in [5, 5.41) is 16.6. The number of non-ortho nitro benzene ring substituents is 1. The van der Waals surface area contributed by atoms with Gasteiger partial charge in [-0.15, -0.1) is 0 Å². The zero-order valence-corrected chi connectivity index (χ0v) is 23.3. The normalized spacial score (nSPS) is 10.9. The summed E-state index contributed by atoms with van der Waals surface area (Å²) in [6.07, 6.45) is 1.41. The smallest absolute Gasteiger partial charge is 0.271 e.